The Hall–Kier alpha value is -1.42. The Kier molecular flexibility index (Phi) is 3.51. The van der Waals surface area contributed by atoms with E-state index in [2.05, 4.69) is 5.32 Å². The molecule has 16 heavy (non-hydrogen) atoms. The summed E-state index contributed by atoms with van der Waals surface area (Å²) >= 11 is 0. The normalized spacial score (nSPS) is 20.4. The number of hydrogen-bond acceptors (Lipinski definition) is 4. The van der Waals surface area contributed by atoms with Gasteiger partial charge in [-0.25, -0.2) is 0 Å². The largest absolute Gasteiger partial charge is 0.497 e. The average molecular weight is 222 g/mol. The van der Waals surface area contributed by atoms with Crippen LogP contribution in [-0.4, -0.2) is 26.4 Å². The molecule has 88 valence electrons. The number of benzene rings is 1. The number of methoxy groups -OCH3 is 1. The second-order valence-corrected chi connectivity index (χ2v) is 4.05. The predicted octanol–water partition coefficient (Wildman–Crippen LogP) is 1.87. The van der Waals surface area contributed by atoms with Gasteiger partial charge in [0.2, 0.25) is 0 Å². The highest BCUT2D eigenvalue weighted by Gasteiger charge is 2.13. The Morgan fingerprint density at radius 1 is 1.44 bits per heavy atom. The maximum atomic E-state index is 5.79. The highest BCUT2D eigenvalue weighted by Crippen LogP contribution is 2.23. The topological polar surface area (TPSA) is 56.5 Å². The van der Waals surface area contributed by atoms with Crippen molar-refractivity contribution in [3.05, 3.63) is 18.2 Å². The fourth-order valence-electron chi connectivity index (χ4n) is 1.91. The first kappa shape index (κ1) is 11.1. The molecule has 1 heterocycles. The van der Waals surface area contributed by atoms with E-state index in [1.54, 1.807) is 7.11 Å². The first-order chi connectivity index (χ1) is 7.78. The summed E-state index contributed by atoms with van der Waals surface area (Å²) in [5, 5.41) is 3.41. The summed E-state index contributed by atoms with van der Waals surface area (Å²) in [5.74, 6) is 0.777. The molecule has 1 aliphatic heterocycles. The van der Waals surface area contributed by atoms with Gasteiger partial charge < -0.3 is 20.5 Å². The molecule has 0 radical (unpaired) electrons. The van der Waals surface area contributed by atoms with Crippen molar-refractivity contribution in [1.82, 2.24) is 0 Å². The minimum Gasteiger partial charge on any atom is -0.497 e. The second-order valence-electron chi connectivity index (χ2n) is 4.05. The van der Waals surface area contributed by atoms with Crippen LogP contribution < -0.4 is 15.8 Å². The minimum atomic E-state index is 0.375. The molecule has 0 spiro atoms. The van der Waals surface area contributed by atoms with Crippen molar-refractivity contribution in [2.45, 2.75) is 18.9 Å². The molecule has 1 unspecified atom stereocenters. The number of hydrogen-bond donors (Lipinski definition) is 2. The maximum absolute atomic E-state index is 5.79. The van der Waals surface area contributed by atoms with Gasteiger partial charge >= 0.3 is 0 Å². The van der Waals surface area contributed by atoms with Crippen molar-refractivity contribution < 1.29 is 9.47 Å². The zero-order chi connectivity index (χ0) is 11.4. The highest BCUT2D eigenvalue weighted by molar-refractivity contribution is 5.59. The Bertz CT molecular complexity index is 349. The van der Waals surface area contributed by atoms with Gasteiger partial charge in [0, 0.05) is 36.2 Å². The van der Waals surface area contributed by atoms with Crippen LogP contribution in [0.3, 0.4) is 0 Å². The lowest BCUT2D eigenvalue weighted by Crippen LogP contribution is -2.29. The van der Waals surface area contributed by atoms with Crippen LogP contribution >= 0.6 is 0 Å². The number of nitrogen functional groups attached to an aromatic ring is 1. The van der Waals surface area contributed by atoms with Gasteiger partial charge in [0.1, 0.15) is 5.75 Å². The Labute approximate surface area is 95.7 Å². The van der Waals surface area contributed by atoms with Gasteiger partial charge in [-0.1, -0.05) is 0 Å². The Morgan fingerprint density at radius 2 is 2.31 bits per heavy atom. The quantitative estimate of drug-likeness (QED) is 0.766. The molecule has 3 N–H and O–H groups in total. The maximum Gasteiger partial charge on any atom is 0.122 e. The SMILES string of the molecule is COc1cc(N)cc(NC2CCCOC2)c1. The van der Waals surface area contributed by atoms with E-state index in [1.807, 2.05) is 18.2 Å². The molecule has 1 fully saturated rings. The van der Waals surface area contributed by atoms with Gasteiger partial charge in [0.15, 0.2) is 0 Å². The summed E-state index contributed by atoms with van der Waals surface area (Å²) in [6.45, 7) is 1.63. The predicted molar refractivity (Wildman–Crippen MR) is 64.9 cm³/mol. The molecule has 0 amide bonds. The van der Waals surface area contributed by atoms with E-state index in [9.17, 15) is 0 Å². The molecule has 1 saturated heterocycles. The van der Waals surface area contributed by atoms with E-state index in [0.717, 1.165) is 37.5 Å². The van der Waals surface area contributed by atoms with Crippen molar-refractivity contribution in [2.75, 3.05) is 31.4 Å². The summed E-state index contributed by atoms with van der Waals surface area (Å²) in [6.07, 6.45) is 2.24. The molecule has 4 heteroatoms. The molecule has 0 aliphatic carbocycles. The van der Waals surface area contributed by atoms with Gasteiger partial charge in [-0.05, 0) is 18.9 Å². The summed E-state index contributed by atoms with van der Waals surface area (Å²) in [4.78, 5) is 0. The standard InChI is InChI=1S/C12H18N2O2/c1-15-12-6-9(13)5-11(7-12)14-10-3-2-4-16-8-10/h5-7,10,14H,2-4,8,13H2,1H3. The van der Waals surface area contributed by atoms with Crippen LogP contribution in [0.25, 0.3) is 0 Å². The summed E-state index contributed by atoms with van der Waals surface area (Å²) in [5.41, 5.74) is 7.49. The van der Waals surface area contributed by atoms with Gasteiger partial charge in [-0.15, -0.1) is 0 Å². The lowest BCUT2D eigenvalue weighted by atomic mass is 10.1. The van der Waals surface area contributed by atoms with Crippen molar-refractivity contribution in [2.24, 2.45) is 0 Å². The van der Waals surface area contributed by atoms with Gasteiger partial charge in [-0.3, -0.25) is 0 Å². The van der Waals surface area contributed by atoms with Gasteiger partial charge in [-0.2, -0.15) is 0 Å². The van der Waals surface area contributed by atoms with Crippen LogP contribution in [-0.2, 0) is 4.74 Å². The number of ether oxygens (including phenoxy) is 2. The van der Waals surface area contributed by atoms with E-state index in [1.165, 1.54) is 0 Å². The highest BCUT2D eigenvalue weighted by atomic mass is 16.5. The smallest absolute Gasteiger partial charge is 0.122 e. The van der Waals surface area contributed by atoms with Crippen molar-refractivity contribution in [1.29, 1.82) is 0 Å². The van der Waals surface area contributed by atoms with Crippen LogP contribution in [0.15, 0.2) is 18.2 Å². The fraction of sp³-hybridized carbons (Fsp3) is 0.500. The molecule has 1 aliphatic rings. The molecule has 4 nitrogen and oxygen atoms in total. The van der Waals surface area contributed by atoms with E-state index in [4.69, 9.17) is 15.2 Å². The van der Waals surface area contributed by atoms with Crippen molar-refractivity contribution in [3.8, 4) is 5.75 Å². The lowest BCUT2D eigenvalue weighted by Gasteiger charge is -2.24. The van der Waals surface area contributed by atoms with Gasteiger partial charge in [0.25, 0.3) is 0 Å². The van der Waals surface area contributed by atoms with E-state index < -0.39 is 0 Å². The van der Waals surface area contributed by atoms with Crippen LogP contribution in [0.5, 0.6) is 5.75 Å². The van der Waals surface area contributed by atoms with Crippen LogP contribution in [0, 0.1) is 0 Å². The van der Waals surface area contributed by atoms with Crippen LogP contribution in [0.2, 0.25) is 0 Å². The molecule has 0 bridgehead atoms. The number of rotatable bonds is 3. The monoisotopic (exact) mass is 222 g/mol. The Morgan fingerprint density at radius 3 is 3.00 bits per heavy atom. The molecule has 1 atom stereocenters. The molecule has 1 aromatic carbocycles. The van der Waals surface area contributed by atoms with E-state index >= 15 is 0 Å². The molecule has 0 saturated carbocycles. The van der Waals surface area contributed by atoms with Crippen LogP contribution in [0.4, 0.5) is 11.4 Å². The number of anilines is 2. The summed E-state index contributed by atoms with van der Waals surface area (Å²) < 4.78 is 10.6. The van der Waals surface area contributed by atoms with E-state index in [-0.39, 0.29) is 0 Å². The lowest BCUT2D eigenvalue weighted by molar-refractivity contribution is 0.0876. The third kappa shape index (κ3) is 2.79. The zero-order valence-electron chi connectivity index (χ0n) is 9.53. The van der Waals surface area contributed by atoms with E-state index in [0.29, 0.717) is 11.7 Å². The Balaban J connectivity index is 2.04. The summed E-state index contributed by atoms with van der Waals surface area (Å²) in [6, 6.07) is 6.05. The first-order valence-corrected chi connectivity index (χ1v) is 5.57. The molecule has 0 aromatic heterocycles. The molecular formula is C12H18N2O2. The molecular weight excluding hydrogens is 204 g/mol. The molecule has 1 aromatic rings. The number of nitrogens with one attached hydrogen (secondary N) is 1. The summed E-state index contributed by atoms with van der Waals surface area (Å²) in [7, 11) is 1.64. The third-order valence-electron chi connectivity index (χ3n) is 2.70. The first-order valence-electron chi connectivity index (χ1n) is 5.57. The average Bonchev–Trinajstić information content (AvgIpc) is 2.29. The minimum absolute atomic E-state index is 0.375. The fourth-order valence-corrected chi connectivity index (χ4v) is 1.91. The van der Waals surface area contributed by atoms with Crippen molar-refractivity contribution in [3.63, 3.8) is 0 Å². The zero-order valence-corrected chi connectivity index (χ0v) is 9.53. The third-order valence-corrected chi connectivity index (χ3v) is 2.70. The van der Waals surface area contributed by atoms with Gasteiger partial charge in [0.05, 0.1) is 13.7 Å². The van der Waals surface area contributed by atoms with Crippen LogP contribution in [0.1, 0.15) is 12.8 Å². The number of nitrogens with two attached hydrogens (primary N) is 1. The second kappa shape index (κ2) is 5.07. The van der Waals surface area contributed by atoms with Crippen molar-refractivity contribution >= 4 is 11.4 Å². The molecule has 2 rings (SSSR count).